The summed E-state index contributed by atoms with van der Waals surface area (Å²) in [6, 6.07) is -0.817. The van der Waals surface area contributed by atoms with Gasteiger partial charge in [0.2, 0.25) is 12.2 Å². The molecular formula is C32H38F12N6O8. The number of piperidine rings is 2. The molecular weight excluding hydrogens is 824 g/mol. The Morgan fingerprint density at radius 2 is 0.983 bits per heavy atom. The number of carbonyl (C=O) groups excluding carboxylic acids is 2. The molecule has 2 unspecified atom stereocenters. The molecule has 6 rings (SSSR count). The summed E-state index contributed by atoms with van der Waals surface area (Å²) >= 11 is 0. The number of aromatic nitrogens is 4. The van der Waals surface area contributed by atoms with E-state index in [9.17, 15) is 62.3 Å². The average Bonchev–Trinajstić information content (AvgIpc) is 3.96. The van der Waals surface area contributed by atoms with Crippen molar-refractivity contribution in [1.82, 2.24) is 29.4 Å². The second-order valence-corrected chi connectivity index (χ2v) is 14.3. The van der Waals surface area contributed by atoms with Gasteiger partial charge >= 0.3 is 36.9 Å². The number of nitrogens with zero attached hydrogens (tertiary/aromatic N) is 6. The molecule has 2 aromatic heterocycles. The second-order valence-electron chi connectivity index (χ2n) is 14.3. The topological polar surface area (TPSA) is 154 Å². The first-order valence-electron chi connectivity index (χ1n) is 17.6. The monoisotopic (exact) mass is 862 g/mol. The highest BCUT2D eigenvalue weighted by Gasteiger charge is 2.49. The lowest BCUT2D eigenvalue weighted by molar-refractivity contribution is -0.215. The molecule has 2 N–H and O–H groups in total. The van der Waals surface area contributed by atoms with E-state index in [-0.39, 0.29) is 39.4 Å². The molecule has 0 saturated carbocycles. The Labute approximate surface area is 320 Å². The minimum Gasteiger partial charge on any atom is -0.434 e. The van der Waals surface area contributed by atoms with E-state index in [2.05, 4.69) is 19.7 Å². The number of likely N-dealkylation sites (tertiary alicyclic amines) is 2. The van der Waals surface area contributed by atoms with E-state index in [1.165, 1.54) is 9.36 Å². The number of hydrogen-bond acceptors (Lipinski definition) is 10. The van der Waals surface area contributed by atoms with Gasteiger partial charge in [-0.2, -0.15) is 62.9 Å². The largest absolute Gasteiger partial charge is 0.434 e. The zero-order chi connectivity index (χ0) is 42.9. The summed E-state index contributed by atoms with van der Waals surface area (Å²) in [4.78, 5) is 26.0. The number of ether oxygens (including phenoxy) is 4. The second kappa shape index (κ2) is 16.9. The summed E-state index contributed by atoms with van der Waals surface area (Å²) < 4.78 is 175. The van der Waals surface area contributed by atoms with Crippen molar-refractivity contribution in [2.75, 3.05) is 52.6 Å². The molecule has 26 heteroatoms. The number of aliphatic hydroxyl groups excluding tert-OH is 2. The quantitative estimate of drug-likeness (QED) is 0.356. The predicted molar refractivity (Wildman–Crippen MR) is 168 cm³/mol. The van der Waals surface area contributed by atoms with Crippen LogP contribution in [0.25, 0.3) is 0 Å². The van der Waals surface area contributed by atoms with Crippen molar-refractivity contribution in [3.63, 3.8) is 0 Å². The summed E-state index contributed by atoms with van der Waals surface area (Å²) in [5.74, 6) is 0. The van der Waals surface area contributed by atoms with Crippen LogP contribution in [0.4, 0.5) is 62.3 Å². The van der Waals surface area contributed by atoms with Gasteiger partial charge in [0.05, 0.1) is 73.2 Å². The standard InChI is InChI=1S/2C16H19F6N3O4/c2*17-15(18,19)10-6-23-25(7-10)11-5-14(28-9-11)1-3-24(4-2-14)13(27)29-12(8-26)16(20,21)22/h2*6-7,11-12,26H,1-5,8-9H2/t2*11?,12-/m11/s1. The molecule has 0 bridgehead atoms. The summed E-state index contributed by atoms with van der Waals surface area (Å²) in [6.07, 6.45) is -21.1. The van der Waals surface area contributed by atoms with Gasteiger partial charge in [-0.05, 0) is 25.7 Å². The summed E-state index contributed by atoms with van der Waals surface area (Å²) in [5, 5.41) is 25.0. The summed E-state index contributed by atoms with van der Waals surface area (Å²) in [6.45, 7) is -2.21. The van der Waals surface area contributed by atoms with Crippen LogP contribution in [0.15, 0.2) is 24.8 Å². The van der Waals surface area contributed by atoms with Crippen molar-refractivity contribution in [1.29, 1.82) is 0 Å². The Bertz CT molecular complexity index is 1580. The molecule has 4 fully saturated rings. The molecule has 4 atom stereocenters. The van der Waals surface area contributed by atoms with Gasteiger partial charge in [-0.3, -0.25) is 9.36 Å². The lowest BCUT2D eigenvalue weighted by Crippen LogP contribution is -2.49. The Kier molecular flexibility index (Phi) is 13.1. The van der Waals surface area contributed by atoms with Gasteiger partial charge in [0, 0.05) is 51.4 Å². The predicted octanol–water partition coefficient (Wildman–Crippen LogP) is 5.52. The molecule has 4 aliphatic heterocycles. The van der Waals surface area contributed by atoms with Gasteiger partial charge in [0.1, 0.15) is 0 Å². The molecule has 2 amide bonds. The van der Waals surface area contributed by atoms with Crippen molar-refractivity contribution in [3.05, 3.63) is 35.9 Å². The van der Waals surface area contributed by atoms with Crippen LogP contribution in [-0.2, 0) is 31.3 Å². The van der Waals surface area contributed by atoms with Crippen LogP contribution in [-0.4, -0.2) is 140 Å². The van der Waals surface area contributed by atoms with Gasteiger partial charge in [0.25, 0.3) is 0 Å². The number of rotatable bonds is 6. The van der Waals surface area contributed by atoms with E-state index in [0.29, 0.717) is 38.5 Å². The molecule has 6 heterocycles. The Morgan fingerprint density at radius 3 is 1.24 bits per heavy atom. The Balaban J connectivity index is 0.000000221. The van der Waals surface area contributed by atoms with Crippen LogP contribution in [0, 0.1) is 0 Å². The van der Waals surface area contributed by atoms with Gasteiger partial charge < -0.3 is 39.0 Å². The van der Waals surface area contributed by atoms with Gasteiger partial charge in [-0.15, -0.1) is 0 Å². The number of halogens is 12. The van der Waals surface area contributed by atoms with Crippen LogP contribution in [0.5, 0.6) is 0 Å². The Hall–Kier alpha value is -4.04. The van der Waals surface area contributed by atoms with E-state index >= 15 is 0 Å². The lowest BCUT2D eigenvalue weighted by atomic mass is 9.87. The van der Waals surface area contributed by atoms with Crippen molar-refractivity contribution in [2.45, 2.75) is 98.7 Å². The highest BCUT2D eigenvalue weighted by Crippen LogP contribution is 2.43. The third-order valence-electron chi connectivity index (χ3n) is 10.4. The van der Waals surface area contributed by atoms with Crippen LogP contribution in [0.3, 0.4) is 0 Å². The highest BCUT2D eigenvalue weighted by atomic mass is 19.4. The normalized spacial score (nSPS) is 23.4. The van der Waals surface area contributed by atoms with E-state index < -0.39 is 96.7 Å². The number of hydrogen-bond donors (Lipinski definition) is 2. The molecule has 58 heavy (non-hydrogen) atoms. The third kappa shape index (κ3) is 10.8. The maximum Gasteiger partial charge on any atom is 0.427 e. The highest BCUT2D eigenvalue weighted by molar-refractivity contribution is 5.68. The zero-order valence-electron chi connectivity index (χ0n) is 30.1. The molecule has 2 aromatic rings. The van der Waals surface area contributed by atoms with Crippen molar-refractivity contribution >= 4 is 12.2 Å². The number of amides is 2. The number of carbonyl (C=O) groups is 2. The van der Waals surface area contributed by atoms with Gasteiger partial charge in [0.15, 0.2) is 0 Å². The molecule has 328 valence electrons. The first-order valence-corrected chi connectivity index (χ1v) is 17.6. The molecule has 4 aliphatic rings. The van der Waals surface area contributed by atoms with Crippen molar-refractivity contribution in [3.8, 4) is 0 Å². The van der Waals surface area contributed by atoms with Crippen molar-refractivity contribution in [2.24, 2.45) is 0 Å². The third-order valence-corrected chi connectivity index (χ3v) is 10.4. The molecule has 0 aliphatic carbocycles. The minimum atomic E-state index is -4.87. The maximum atomic E-state index is 12.7. The molecule has 2 spiro atoms. The molecule has 14 nitrogen and oxygen atoms in total. The fourth-order valence-corrected chi connectivity index (χ4v) is 7.05. The maximum absolute atomic E-state index is 12.7. The average molecular weight is 863 g/mol. The van der Waals surface area contributed by atoms with Crippen LogP contribution < -0.4 is 0 Å². The lowest BCUT2D eigenvalue weighted by Gasteiger charge is -2.38. The van der Waals surface area contributed by atoms with E-state index in [4.69, 9.17) is 19.7 Å². The number of alkyl halides is 12. The smallest absolute Gasteiger partial charge is 0.427 e. The molecule has 0 radical (unpaired) electrons. The fourth-order valence-electron chi connectivity index (χ4n) is 7.05. The first-order chi connectivity index (χ1) is 26.9. The van der Waals surface area contributed by atoms with Crippen LogP contribution in [0.2, 0.25) is 0 Å². The van der Waals surface area contributed by atoms with Crippen LogP contribution in [0.1, 0.15) is 61.7 Å². The Morgan fingerprint density at radius 1 is 0.655 bits per heavy atom. The van der Waals surface area contributed by atoms with Gasteiger partial charge in [-0.25, -0.2) is 9.59 Å². The van der Waals surface area contributed by atoms with Crippen LogP contribution >= 0.6 is 0 Å². The van der Waals surface area contributed by atoms with Crippen molar-refractivity contribution < 1.29 is 91.4 Å². The summed E-state index contributed by atoms with van der Waals surface area (Å²) in [5.41, 5.74) is -3.10. The first kappa shape index (κ1) is 45.1. The van der Waals surface area contributed by atoms with Gasteiger partial charge in [-0.1, -0.05) is 0 Å². The van der Waals surface area contributed by atoms with E-state index in [1.807, 2.05) is 0 Å². The number of aliphatic hydroxyl groups is 2. The van der Waals surface area contributed by atoms with E-state index in [0.717, 1.165) is 34.6 Å². The molecule has 0 aromatic carbocycles. The summed E-state index contributed by atoms with van der Waals surface area (Å²) in [7, 11) is 0. The fraction of sp³-hybridized carbons (Fsp3) is 0.750. The van der Waals surface area contributed by atoms with E-state index in [1.54, 1.807) is 0 Å². The zero-order valence-corrected chi connectivity index (χ0v) is 30.1. The minimum absolute atomic E-state index is 0.0640. The molecule has 4 saturated heterocycles. The SMILES string of the molecule is O=C(O[C@H](CO)C(F)(F)F)N1CCC2(CC1)CC(n1cc(C(F)(F)F)cn1)CO2.O=C(O[C@H](CO)C(F)(F)F)N1CCC2(CC1)CC(n1cc(C(F)(F)F)cn1)CO2.